The maximum Gasteiger partial charge on any atom is 0.143 e. The zero-order valence-electron chi connectivity index (χ0n) is 34.3. The van der Waals surface area contributed by atoms with Crippen LogP contribution >= 0.6 is 0 Å². The smallest absolute Gasteiger partial charge is 0.143 e. The first-order valence-electron chi connectivity index (χ1n) is 21.5. The van der Waals surface area contributed by atoms with Gasteiger partial charge in [-0.1, -0.05) is 189 Å². The number of nitrogens with zero attached hydrogens (tertiary/aromatic N) is 1. The summed E-state index contributed by atoms with van der Waals surface area (Å²) in [6.07, 6.45) is 0. The molecule has 0 amide bonds. The molecule has 0 spiro atoms. The standard InChI is InChI=1S/C60H41NO/c1-39-57-38-49(34-36-53(57)54-35-29-44-17-8-9-20-50(44)58(39)54)61(47-30-25-41(26-31-47)40-13-4-2-5-14-40)48-32-27-42(28-33-48)45-18-10-19-46(37-45)52-22-12-24-56-55-23-11-21-51(59(55)62-60(52)56)43-15-6-3-7-16-43/h2-39H,1H3. The molecule has 0 aliphatic heterocycles. The van der Waals surface area contributed by atoms with Crippen molar-refractivity contribution >= 4 is 49.8 Å². The second-order valence-corrected chi connectivity index (χ2v) is 16.4. The molecule has 0 saturated heterocycles. The minimum Gasteiger partial charge on any atom is -0.455 e. The van der Waals surface area contributed by atoms with Gasteiger partial charge >= 0.3 is 0 Å². The minimum atomic E-state index is 0.277. The lowest BCUT2D eigenvalue weighted by Crippen LogP contribution is -2.10. The lowest BCUT2D eigenvalue weighted by molar-refractivity contribution is 0.671. The Kier molecular flexibility index (Phi) is 8.50. The van der Waals surface area contributed by atoms with Gasteiger partial charge in [0.25, 0.3) is 0 Å². The number of hydrogen-bond acceptors (Lipinski definition) is 2. The van der Waals surface area contributed by atoms with E-state index in [1.165, 1.54) is 44.2 Å². The van der Waals surface area contributed by atoms with Gasteiger partial charge in [-0.2, -0.15) is 0 Å². The predicted molar refractivity (Wildman–Crippen MR) is 261 cm³/mol. The van der Waals surface area contributed by atoms with Crippen LogP contribution in [0.2, 0.25) is 0 Å². The normalized spacial score (nSPS) is 13.1. The van der Waals surface area contributed by atoms with Gasteiger partial charge in [-0.3, -0.25) is 0 Å². The number of hydrogen-bond donors (Lipinski definition) is 0. The second kappa shape index (κ2) is 14.7. The van der Waals surface area contributed by atoms with Gasteiger partial charge in [0, 0.05) is 44.9 Å². The molecule has 0 N–H and O–H groups in total. The average Bonchev–Trinajstić information content (AvgIpc) is 3.87. The van der Waals surface area contributed by atoms with Crippen LogP contribution in [0.25, 0.3) is 88.3 Å². The molecule has 62 heavy (non-hydrogen) atoms. The minimum absolute atomic E-state index is 0.277. The Morgan fingerprint density at radius 2 is 0.839 bits per heavy atom. The molecular formula is C60H41NO. The molecule has 2 nitrogen and oxygen atoms in total. The largest absolute Gasteiger partial charge is 0.455 e. The van der Waals surface area contributed by atoms with Crippen molar-refractivity contribution in [1.82, 2.24) is 0 Å². The molecule has 2 heteroatoms. The highest BCUT2D eigenvalue weighted by molar-refractivity contribution is 6.13. The number of fused-ring (bicyclic) bond motifs is 8. The van der Waals surface area contributed by atoms with Crippen molar-refractivity contribution in [2.45, 2.75) is 12.8 Å². The topological polar surface area (TPSA) is 16.4 Å². The van der Waals surface area contributed by atoms with Crippen molar-refractivity contribution in [2.24, 2.45) is 0 Å². The van der Waals surface area contributed by atoms with Crippen LogP contribution < -0.4 is 4.90 Å². The van der Waals surface area contributed by atoms with Gasteiger partial charge in [-0.25, -0.2) is 0 Å². The summed E-state index contributed by atoms with van der Waals surface area (Å²) in [5, 5.41) is 4.89. The number of para-hydroxylation sites is 2. The summed E-state index contributed by atoms with van der Waals surface area (Å²) in [5.41, 5.74) is 19.8. The van der Waals surface area contributed by atoms with Crippen molar-refractivity contribution in [3.8, 4) is 55.6 Å². The van der Waals surface area contributed by atoms with Crippen LogP contribution in [0.3, 0.4) is 0 Å². The van der Waals surface area contributed by atoms with Crippen LogP contribution in [0.1, 0.15) is 24.0 Å². The Bertz CT molecular complexity index is 3450. The summed E-state index contributed by atoms with van der Waals surface area (Å²) < 4.78 is 6.79. The van der Waals surface area contributed by atoms with Crippen molar-refractivity contribution < 1.29 is 4.42 Å². The lowest BCUT2D eigenvalue weighted by atomic mass is 9.94. The third kappa shape index (κ3) is 5.95. The summed E-state index contributed by atoms with van der Waals surface area (Å²) in [6, 6.07) is 81.3. The van der Waals surface area contributed by atoms with Gasteiger partial charge in [-0.15, -0.1) is 0 Å². The molecule has 1 aromatic heterocycles. The maximum absolute atomic E-state index is 6.79. The molecular weight excluding hydrogens is 751 g/mol. The van der Waals surface area contributed by atoms with Crippen molar-refractivity contribution in [3.05, 3.63) is 236 Å². The van der Waals surface area contributed by atoms with Gasteiger partial charge in [0.1, 0.15) is 11.2 Å². The molecule has 10 aromatic carbocycles. The van der Waals surface area contributed by atoms with Gasteiger partial charge in [0.05, 0.1) is 0 Å². The Balaban J connectivity index is 0.922. The fourth-order valence-electron chi connectivity index (χ4n) is 9.89. The molecule has 0 saturated carbocycles. The highest BCUT2D eigenvalue weighted by atomic mass is 16.3. The number of benzene rings is 10. The Labute approximate surface area is 361 Å². The molecule has 1 aliphatic rings. The van der Waals surface area contributed by atoms with Crippen molar-refractivity contribution in [3.63, 3.8) is 0 Å². The fraction of sp³-hybridized carbons (Fsp3) is 0.0333. The average molecular weight is 792 g/mol. The predicted octanol–water partition coefficient (Wildman–Crippen LogP) is 17.0. The van der Waals surface area contributed by atoms with Crippen LogP contribution in [-0.4, -0.2) is 0 Å². The van der Waals surface area contributed by atoms with Crippen LogP contribution in [0.4, 0.5) is 17.1 Å². The maximum atomic E-state index is 6.79. The second-order valence-electron chi connectivity index (χ2n) is 16.4. The summed E-state index contributed by atoms with van der Waals surface area (Å²) in [5.74, 6) is 0.277. The molecule has 0 radical (unpaired) electrons. The number of anilines is 3. The first-order chi connectivity index (χ1) is 30.7. The Morgan fingerprint density at radius 1 is 0.339 bits per heavy atom. The molecule has 1 heterocycles. The summed E-state index contributed by atoms with van der Waals surface area (Å²) in [4.78, 5) is 2.40. The first-order valence-corrected chi connectivity index (χ1v) is 21.5. The molecule has 292 valence electrons. The summed E-state index contributed by atoms with van der Waals surface area (Å²) >= 11 is 0. The quantitative estimate of drug-likeness (QED) is 0.160. The van der Waals surface area contributed by atoms with E-state index in [1.807, 2.05) is 0 Å². The molecule has 11 aromatic rings. The van der Waals surface area contributed by atoms with E-state index >= 15 is 0 Å². The monoisotopic (exact) mass is 791 g/mol. The van der Waals surface area contributed by atoms with Crippen LogP contribution in [-0.2, 0) is 0 Å². The molecule has 1 aliphatic carbocycles. The highest BCUT2D eigenvalue weighted by Gasteiger charge is 2.28. The Hall–Kier alpha value is -7.94. The van der Waals surface area contributed by atoms with E-state index in [0.29, 0.717) is 0 Å². The van der Waals surface area contributed by atoms with Crippen LogP contribution in [0.15, 0.2) is 229 Å². The molecule has 1 unspecified atom stereocenters. The van der Waals surface area contributed by atoms with Gasteiger partial charge in [0.15, 0.2) is 0 Å². The zero-order chi connectivity index (χ0) is 41.1. The Morgan fingerprint density at radius 3 is 1.53 bits per heavy atom. The summed E-state index contributed by atoms with van der Waals surface area (Å²) in [6.45, 7) is 2.36. The number of rotatable bonds is 7. The van der Waals surface area contributed by atoms with E-state index < -0.39 is 0 Å². The molecule has 0 fully saturated rings. The van der Waals surface area contributed by atoms with E-state index in [2.05, 4.69) is 236 Å². The van der Waals surface area contributed by atoms with E-state index in [1.54, 1.807) is 0 Å². The van der Waals surface area contributed by atoms with E-state index in [9.17, 15) is 0 Å². The third-order valence-electron chi connectivity index (χ3n) is 12.9. The van der Waals surface area contributed by atoms with E-state index in [4.69, 9.17) is 4.42 Å². The van der Waals surface area contributed by atoms with Crippen molar-refractivity contribution in [1.29, 1.82) is 0 Å². The van der Waals surface area contributed by atoms with Gasteiger partial charge < -0.3 is 9.32 Å². The van der Waals surface area contributed by atoms with Gasteiger partial charge in [0.2, 0.25) is 0 Å². The van der Waals surface area contributed by atoms with E-state index in [0.717, 1.165) is 72.4 Å². The van der Waals surface area contributed by atoms with Crippen LogP contribution in [0, 0.1) is 0 Å². The number of furan rings is 1. The van der Waals surface area contributed by atoms with Crippen LogP contribution in [0.5, 0.6) is 0 Å². The molecule has 1 atom stereocenters. The molecule has 0 bridgehead atoms. The fourth-order valence-corrected chi connectivity index (χ4v) is 9.89. The highest BCUT2D eigenvalue weighted by Crippen LogP contribution is 2.50. The third-order valence-corrected chi connectivity index (χ3v) is 12.9. The lowest BCUT2D eigenvalue weighted by Gasteiger charge is -2.27. The van der Waals surface area contributed by atoms with E-state index in [-0.39, 0.29) is 5.92 Å². The first kappa shape index (κ1) is 36.0. The van der Waals surface area contributed by atoms with Gasteiger partial charge in [-0.05, 0) is 109 Å². The zero-order valence-corrected chi connectivity index (χ0v) is 34.3. The van der Waals surface area contributed by atoms with Crippen molar-refractivity contribution in [2.75, 3.05) is 4.90 Å². The summed E-state index contributed by atoms with van der Waals surface area (Å²) in [7, 11) is 0. The SMILES string of the molecule is CC1c2cc(N(c3ccc(-c4ccccc4)cc3)c3ccc(-c4cccc(-c5cccc6c5oc5c(-c7ccccc7)cccc56)c4)cc3)ccc2-c2ccc3ccccc3c21. The molecule has 12 rings (SSSR count).